The molecular weight excluding hydrogens is 1150 g/mol. The number of carbonyl (C=O) groups excluding carboxylic acids is 9. The molecule has 1 aromatic heterocycles. The molecule has 0 fully saturated rings. The van der Waals surface area contributed by atoms with Crippen LogP contribution in [0.4, 0.5) is 22.0 Å². The average molecular weight is 1230 g/mol. The van der Waals surface area contributed by atoms with Crippen molar-refractivity contribution in [3.05, 3.63) is 83.7 Å². The SMILES string of the molecule is CC(=O)N[C@@H](CCCCN)C(=O)N[C@@H](C)C(=O)N[C@@H](C)C(=O)N[C@@H](CC(N)=O)C(=O)N[C@@H](CCN(C(=O)CO)[C@@H](c1cc(-c2cc(F)ccc2F)cn1Cc1ccccc1)C(C)(C)C)C(=O)NCCNC(=O)CC[C@H](N)C(=O)O.O=C(O)C(F)(F)F. The lowest BCUT2D eigenvalue weighted by Crippen LogP contribution is -2.59. The largest absolute Gasteiger partial charge is 0.490 e. The van der Waals surface area contributed by atoms with Crippen molar-refractivity contribution in [3.8, 4) is 11.1 Å². The van der Waals surface area contributed by atoms with Gasteiger partial charge in [-0.25, -0.2) is 13.6 Å². The van der Waals surface area contributed by atoms with Gasteiger partial charge in [-0.15, -0.1) is 0 Å². The Kier molecular flexibility index (Phi) is 29.9. The van der Waals surface area contributed by atoms with E-state index in [4.69, 9.17) is 32.2 Å². The average Bonchev–Trinajstić information content (AvgIpc) is 1.82. The van der Waals surface area contributed by atoms with Gasteiger partial charge in [0.05, 0.1) is 12.5 Å². The number of aromatic nitrogens is 1. The number of halogens is 5. The zero-order chi connectivity index (χ0) is 65.2. The molecule has 7 atom stereocenters. The number of amides is 9. The van der Waals surface area contributed by atoms with Crippen LogP contribution in [0.3, 0.4) is 0 Å². The van der Waals surface area contributed by atoms with E-state index in [-0.39, 0.29) is 56.6 Å². The fourth-order valence-electron chi connectivity index (χ4n) is 8.42. The summed E-state index contributed by atoms with van der Waals surface area (Å²) in [5, 5.41) is 44.0. The molecule has 31 heteroatoms. The highest BCUT2D eigenvalue weighted by molar-refractivity contribution is 5.97. The number of unbranched alkanes of at least 4 members (excludes halogenated alkanes) is 1. The van der Waals surface area contributed by atoms with Gasteiger partial charge in [0.2, 0.25) is 53.2 Å². The fourth-order valence-corrected chi connectivity index (χ4v) is 8.42. The second kappa shape index (κ2) is 35.0. The predicted molar refractivity (Wildman–Crippen MR) is 299 cm³/mol. The lowest BCUT2D eigenvalue weighted by atomic mass is 9.82. The van der Waals surface area contributed by atoms with Crippen molar-refractivity contribution in [1.82, 2.24) is 46.7 Å². The van der Waals surface area contributed by atoms with Crippen molar-refractivity contribution in [2.75, 3.05) is 32.8 Å². The van der Waals surface area contributed by atoms with Crippen molar-refractivity contribution < 1.29 is 90.0 Å². The number of hydrogen-bond acceptors (Lipinski definition) is 14. The van der Waals surface area contributed by atoms with Crippen LogP contribution in [0.25, 0.3) is 11.1 Å². The first-order valence-corrected chi connectivity index (χ1v) is 27.0. The summed E-state index contributed by atoms with van der Waals surface area (Å²) in [6.07, 6.45) is -3.83. The molecule has 0 bridgehead atoms. The van der Waals surface area contributed by atoms with Gasteiger partial charge < -0.3 is 79.2 Å². The molecule has 26 nitrogen and oxygen atoms in total. The molecule has 9 amide bonds. The number of hydrogen-bond donors (Lipinski definition) is 13. The van der Waals surface area contributed by atoms with E-state index >= 15 is 4.39 Å². The quantitative estimate of drug-likeness (QED) is 0.0296. The van der Waals surface area contributed by atoms with Crippen LogP contribution in [0.15, 0.2) is 60.8 Å². The van der Waals surface area contributed by atoms with Crippen LogP contribution in [0.1, 0.15) is 104 Å². The van der Waals surface area contributed by atoms with E-state index in [0.717, 1.165) is 23.8 Å². The van der Waals surface area contributed by atoms with Gasteiger partial charge in [0.25, 0.3) is 0 Å². The van der Waals surface area contributed by atoms with Crippen LogP contribution >= 0.6 is 0 Å². The van der Waals surface area contributed by atoms with Gasteiger partial charge in [-0.2, -0.15) is 13.2 Å². The van der Waals surface area contributed by atoms with Gasteiger partial charge in [0.1, 0.15) is 54.5 Å². The summed E-state index contributed by atoms with van der Waals surface area (Å²) >= 11 is 0. The Hall–Kier alpha value is -8.58. The molecule has 0 aliphatic rings. The lowest BCUT2D eigenvalue weighted by Gasteiger charge is -2.41. The molecule has 16 N–H and O–H groups in total. The van der Waals surface area contributed by atoms with E-state index in [0.29, 0.717) is 25.1 Å². The molecule has 0 aliphatic carbocycles. The molecule has 2 aromatic carbocycles. The summed E-state index contributed by atoms with van der Waals surface area (Å²) in [5.41, 5.74) is 17.1. The summed E-state index contributed by atoms with van der Waals surface area (Å²) < 4.78 is 63.5. The van der Waals surface area contributed by atoms with Gasteiger partial charge in [-0.3, -0.25) is 47.9 Å². The van der Waals surface area contributed by atoms with Crippen LogP contribution in [0, 0.1) is 17.0 Å². The van der Waals surface area contributed by atoms with E-state index in [1.54, 1.807) is 37.6 Å². The Morgan fingerprint density at radius 3 is 1.81 bits per heavy atom. The maximum atomic E-state index is 15.4. The number of aliphatic hydroxyl groups is 1. The van der Waals surface area contributed by atoms with Crippen LogP contribution in [-0.4, -0.2) is 165 Å². The zero-order valence-electron chi connectivity index (χ0n) is 48.4. The van der Waals surface area contributed by atoms with Gasteiger partial charge in [0.15, 0.2) is 0 Å². The van der Waals surface area contributed by atoms with Crippen molar-refractivity contribution >= 4 is 65.1 Å². The molecule has 3 aromatic rings. The van der Waals surface area contributed by atoms with Crippen molar-refractivity contribution in [2.45, 2.75) is 142 Å². The van der Waals surface area contributed by atoms with Gasteiger partial charge in [-0.05, 0) is 87.7 Å². The standard InChI is InChI=1S/C53H76F2N12O12.C2HF3O2/c1-30(62-50(76)39(63-32(3)69)14-10-11-20-56)47(73)61-31(2)48(74)65-41(26-43(58)70)51(77)64-40(49(75)60-22-21-59-44(71)18-17-38(57)52(78)79)19-23-67(45(72)29-68)46(53(4,5)6)42-24-34(36-25-35(54)15-16-37(36)55)28-66(42)27-33-12-8-7-9-13-33;3-2(4,5)1(6)7/h7-9,12-13,15-16,24-25,28,30-31,38-41,46,68H,10-11,14,17-23,26-27,29,56-57H2,1-6H3,(H2,58,70)(H,59,71)(H,60,75)(H,61,73)(H,62,76)(H,63,69)(H,64,77)(H,65,74)(H,78,79);(H,6,7)/t30-,31-,38-,39-,40-,41-,46-;/m0./s1. The fraction of sp³-hybridized carbons (Fsp3) is 0.509. The lowest BCUT2D eigenvalue weighted by molar-refractivity contribution is -0.192. The van der Waals surface area contributed by atoms with Gasteiger partial charge in [-0.1, -0.05) is 51.1 Å². The van der Waals surface area contributed by atoms with Crippen molar-refractivity contribution in [2.24, 2.45) is 22.6 Å². The van der Waals surface area contributed by atoms with Crippen LogP contribution in [0.2, 0.25) is 0 Å². The smallest absolute Gasteiger partial charge is 0.480 e. The monoisotopic (exact) mass is 1220 g/mol. The first-order chi connectivity index (χ1) is 40.1. The summed E-state index contributed by atoms with van der Waals surface area (Å²) in [6, 6.07) is 4.40. The van der Waals surface area contributed by atoms with E-state index in [1.807, 2.05) is 30.3 Å². The van der Waals surface area contributed by atoms with Crippen LogP contribution < -0.4 is 54.4 Å². The molecule has 476 valence electrons. The first-order valence-electron chi connectivity index (χ1n) is 27.0. The third kappa shape index (κ3) is 25.3. The number of carboxylic acid groups (broad SMARTS) is 2. The van der Waals surface area contributed by atoms with E-state index in [9.17, 15) is 70.6 Å². The molecule has 1 heterocycles. The number of nitrogens with one attached hydrogen (secondary N) is 7. The number of nitrogens with two attached hydrogens (primary N) is 3. The number of alkyl halides is 3. The second-order valence-electron chi connectivity index (χ2n) is 20.9. The van der Waals surface area contributed by atoms with Crippen molar-refractivity contribution in [3.63, 3.8) is 0 Å². The number of benzene rings is 2. The molecular formula is C55H77F5N12O14. The number of carboxylic acids is 2. The highest BCUT2D eigenvalue weighted by atomic mass is 19.4. The number of aliphatic carboxylic acids is 2. The molecule has 0 radical (unpaired) electrons. The molecule has 0 unspecified atom stereocenters. The number of nitrogens with zero attached hydrogens (tertiary/aromatic N) is 2. The summed E-state index contributed by atoms with van der Waals surface area (Å²) in [4.78, 5) is 140. The van der Waals surface area contributed by atoms with E-state index in [1.165, 1.54) is 25.7 Å². The Bertz CT molecular complexity index is 2840. The number of aliphatic hydroxyl groups excluding tert-OH is 1. The van der Waals surface area contributed by atoms with Gasteiger partial charge in [0, 0.05) is 62.5 Å². The summed E-state index contributed by atoms with van der Waals surface area (Å²) in [5.74, 6) is -13.0. The third-order valence-electron chi connectivity index (χ3n) is 12.7. The summed E-state index contributed by atoms with van der Waals surface area (Å²) in [6.45, 7) is 7.87. The molecule has 0 saturated heterocycles. The first kappa shape index (κ1) is 73.5. The molecule has 3 rings (SSSR count). The van der Waals surface area contributed by atoms with E-state index < -0.39 is 150 Å². The van der Waals surface area contributed by atoms with Crippen LogP contribution in [-0.2, 0) is 59.3 Å². The van der Waals surface area contributed by atoms with Crippen molar-refractivity contribution in [1.29, 1.82) is 0 Å². The Morgan fingerprint density at radius 1 is 0.709 bits per heavy atom. The summed E-state index contributed by atoms with van der Waals surface area (Å²) in [7, 11) is 0. The highest BCUT2D eigenvalue weighted by Gasteiger charge is 2.40. The highest BCUT2D eigenvalue weighted by Crippen LogP contribution is 2.41. The number of carbonyl (C=O) groups is 11. The molecule has 0 saturated carbocycles. The minimum absolute atomic E-state index is 0.0732. The second-order valence-corrected chi connectivity index (χ2v) is 20.9. The van der Waals surface area contributed by atoms with Crippen LogP contribution in [0.5, 0.6) is 0 Å². The predicted octanol–water partition coefficient (Wildman–Crippen LogP) is 0.326. The minimum Gasteiger partial charge on any atom is -0.480 e. The molecule has 0 aliphatic heterocycles. The normalized spacial score (nSPS) is 13.7. The Labute approximate surface area is 492 Å². The zero-order valence-corrected chi connectivity index (χ0v) is 48.4. The molecule has 86 heavy (non-hydrogen) atoms. The molecule has 0 spiro atoms. The Balaban J connectivity index is 0.00000338. The van der Waals surface area contributed by atoms with E-state index in [2.05, 4.69) is 37.2 Å². The Morgan fingerprint density at radius 2 is 1.27 bits per heavy atom. The maximum absolute atomic E-state index is 15.4. The number of primary amides is 1. The topological polar surface area (TPSA) is 419 Å². The number of rotatable bonds is 32. The maximum Gasteiger partial charge on any atom is 0.490 e. The minimum atomic E-state index is -5.08. The third-order valence-corrected chi connectivity index (χ3v) is 12.7. The van der Waals surface area contributed by atoms with Gasteiger partial charge >= 0.3 is 18.1 Å².